The van der Waals surface area contributed by atoms with Crippen molar-refractivity contribution in [2.75, 3.05) is 6.61 Å². The van der Waals surface area contributed by atoms with Gasteiger partial charge in [-0.1, -0.05) is 6.92 Å². The molecule has 1 heterocycles. The van der Waals surface area contributed by atoms with Gasteiger partial charge in [0.15, 0.2) is 0 Å². The summed E-state index contributed by atoms with van der Waals surface area (Å²) < 4.78 is 4.71. The lowest BCUT2D eigenvalue weighted by atomic mass is 9.94. The third kappa shape index (κ3) is 1.87. The fraction of sp³-hybridized carbons (Fsp3) is 0.714. The van der Waals surface area contributed by atoms with Gasteiger partial charge in [-0.25, -0.2) is 0 Å². The Labute approximate surface area is 69.8 Å². The van der Waals surface area contributed by atoms with Crippen molar-refractivity contribution in [1.82, 2.24) is 0 Å². The van der Waals surface area contributed by atoms with Crippen molar-refractivity contribution in [1.29, 1.82) is 0 Å². The first-order valence-corrected chi connectivity index (χ1v) is 3.78. The molecule has 0 amide bonds. The highest BCUT2D eigenvalue weighted by molar-refractivity contribution is 5.78. The fourth-order valence-electron chi connectivity index (χ4n) is 1.29. The quantitative estimate of drug-likeness (QED) is 0.212. The van der Waals surface area contributed by atoms with Crippen LogP contribution in [-0.4, -0.2) is 28.9 Å². The van der Waals surface area contributed by atoms with Crippen LogP contribution in [0.25, 0.3) is 0 Å². The molecule has 2 unspecified atom stereocenters. The molecule has 1 N–H and O–H groups in total. The zero-order valence-electron chi connectivity index (χ0n) is 6.77. The van der Waals surface area contributed by atoms with Gasteiger partial charge in [-0.15, -0.1) is 0 Å². The van der Waals surface area contributed by atoms with Crippen molar-refractivity contribution in [3.05, 3.63) is 5.21 Å². The van der Waals surface area contributed by atoms with Crippen LogP contribution in [0, 0.1) is 17.0 Å². The average molecular weight is 173 g/mol. The van der Waals surface area contributed by atoms with E-state index in [1.807, 2.05) is 0 Å². The lowest BCUT2D eigenvalue weighted by molar-refractivity contribution is -0.724. The van der Waals surface area contributed by atoms with Gasteiger partial charge in [0.1, 0.15) is 0 Å². The van der Waals surface area contributed by atoms with Gasteiger partial charge in [-0.2, -0.15) is 0 Å². The van der Waals surface area contributed by atoms with Crippen LogP contribution < -0.4 is 0 Å². The van der Waals surface area contributed by atoms with Crippen LogP contribution in [0.15, 0.2) is 0 Å². The second-order valence-electron chi connectivity index (χ2n) is 2.87. The Kier molecular flexibility index (Phi) is 2.52. The van der Waals surface area contributed by atoms with E-state index in [1.165, 1.54) is 0 Å². The number of carbonyl (C=O) groups excluding carboxylic acids is 1. The monoisotopic (exact) mass is 173 g/mol. The summed E-state index contributed by atoms with van der Waals surface area (Å²) in [7, 11) is 0. The van der Waals surface area contributed by atoms with Gasteiger partial charge in [0.05, 0.1) is 18.4 Å². The second kappa shape index (κ2) is 3.42. The summed E-state index contributed by atoms with van der Waals surface area (Å²) in [6, 6.07) is 0. The molecule has 1 rings (SSSR count). The number of cyclic esters (lactones) is 1. The van der Waals surface area contributed by atoms with Crippen molar-refractivity contribution in [3.8, 4) is 0 Å². The Bertz CT molecular complexity index is 209. The van der Waals surface area contributed by atoms with Crippen molar-refractivity contribution in [2.45, 2.75) is 13.3 Å². The minimum absolute atomic E-state index is 0.268. The molecule has 5 heteroatoms. The molecule has 0 aromatic carbocycles. The second-order valence-corrected chi connectivity index (χ2v) is 2.87. The van der Waals surface area contributed by atoms with Crippen LogP contribution in [0.5, 0.6) is 0 Å². The van der Waals surface area contributed by atoms with E-state index < -0.39 is 0 Å². The van der Waals surface area contributed by atoms with E-state index in [2.05, 4.69) is 0 Å². The maximum Gasteiger partial charge on any atom is 0.309 e. The first-order valence-electron chi connectivity index (χ1n) is 3.78. The first-order chi connectivity index (χ1) is 5.61. The summed E-state index contributed by atoms with van der Waals surface area (Å²) in [5.41, 5.74) is 0. The Morgan fingerprint density at radius 2 is 2.58 bits per heavy atom. The number of hydrogen-bond donors (Lipinski definition) is 1. The van der Waals surface area contributed by atoms with Crippen molar-refractivity contribution >= 4 is 12.2 Å². The van der Waals surface area contributed by atoms with E-state index in [0.717, 1.165) is 6.21 Å². The standard InChI is InChI=1S/C7H11NO4/c1-5(4-8(10)11)6-2-3-12-7(6)9/h4-6H,2-3H2,1H3,(H,10,11). The van der Waals surface area contributed by atoms with Gasteiger partial charge in [0, 0.05) is 4.90 Å². The van der Waals surface area contributed by atoms with Crippen molar-refractivity contribution in [2.24, 2.45) is 11.8 Å². The first kappa shape index (κ1) is 8.83. The maximum absolute atomic E-state index is 11.0. The largest absolute Gasteiger partial charge is 0.465 e. The van der Waals surface area contributed by atoms with Gasteiger partial charge in [0.25, 0.3) is 0 Å². The molecular weight excluding hydrogens is 162 g/mol. The average Bonchev–Trinajstić information content (AvgIpc) is 2.33. The molecule has 1 fully saturated rings. The Morgan fingerprint density at radius 1 is 1.92 bits per heavy atom. The Hall–Kier alpha value is -1.26. The Balaban J connectivity index is 2.57. The van der Waals surface area contributed by atoms with Gasteiger partial charge in [-0.3, -0.25) is 10.0 Å². The summed E-state index contributed by atoms with van der Waals surface area (Å²) in [5, 5.41) is 18.5. The van der Waals surface area contributed by atoms with E-state index in [4.69, 9.17) is 9.94 Å². The van der Waals surface area contributed by atoms with E-state index >= 15 is 0 Å². The van der Waals surface area contributed by atoms with Gasteiger partial charge in [-0.05, 0) is 6.42 Å². The van der Waals surface area contributed by atoms with E-state index in [0.29, 0.717) is 13.0 Å². The van der Waals surface area contributed by atoms with Gasteiger partial charge in [0.2, 0.25) is 6.21 Å². The molecule has 0 saturated carbocycles. The predicted octanol–water partition coefficient (Wildman–Crippen LogP) is 0.156. The van der Waals surface area contributed by atoms with Gasteiger partial charge < -0.3 is 9.94 Å². The molecule has 12 heavy (non-hydrogen) atoms. The topological polar surface area (TPSA) is 72.6 Å². The third-order valence-electron chi connectivity index (χ3n) is 1.97. The number of esters is 1. The summed E-state index contributed by atoms with van der Waals surface area (Å²) >= 11 is 0. The smallest absolute Gasteiger partial charge is 0.309 e. The molecule has 0 bridgehead atoms. The molecule has 1 aliphatic heterocycles. The number of nitrogens with zero attached hydrogens (tertiary/aromatic N) is 1. The number of rotatable bonds is 2. The summed E-state index contributed by atoms with van der Waals surface area (Å²) in [6.07, 6.45) is 1.67. The van der Waals surface area contributed by atoms with E-state index in [1.54, 1.807) is 6.92 Å². The van der Waals surface area contributed by atoms with Crippen LogP contribution in [0.3, 0.4) is 0 Å². The minimum atomic E-state index is -0.291. The highest BCUT2D eigenvalue weighted by Gasteiger charge is 2.32. The lowest BCUT2D eigenvalue weighted by Gasteiger charge is -2.06. The SMILES string of the molecule is CC(/C=[N+](\[O-])O)C1CCOC1=O. The molecule has 1 aliphatic rings. The number of ether oxygens (including phenoxy) is 1. The zero-order chi connectivity index (χ0) is 9.14. The number of carbonyl (C=O) groups is 1. The van der Waals surface area contributed by atoms with Crippen molar-refractivity contribution in [3.63, 3.8) is 0 Å². The minimum Gasteiger partial charge on any atom is -0.465 e. The van der Waals surface area contributed by atoms with Gasteiger partial charge >= 0.3 is 5.97 Å². The van der Waals surface area contributed by atoms with Crippen LogP contribution in [0.4, 0.5) is 0 Å². The third-order valence-corrected chi connectivity index (χ3v) is 1.97. The fourth-order valence-corrected chi connectivity index (χ4v) is 1.29. The summed E-state index contributed by atoms with van der Waals surface area (Å²) in [5.74, 6) is -0.850. The zero-order valence-corrected chi connectivity index (χ0v) is 6.77. The van der Waals surface area contributed by atoms with Crippen molar-refractivity contribution < 1.29 is 19.6 Å². The summed E-state index contributed by atoms with van der Waals surface area (Å²) in [6.45, 7) is 2.10. The van der Waals surface area contributed by atoms with E-state index in [9.17, 15) is 10.0 Å². The molecule has 0 aromatic heterocycles. The van der Waals surface area contributed by atoms with Crippen LogP contribution >= 0.6 is 0 Å². The number of hydrogen-bond acceptors (Lipinski definition) is 4. The molecule has 68 valence electrons. The van der Waals surface area contributed by atoms with Crippen LogP contribution in [-0.2, 0) is 9.53 Å². The molecule has 5 nitrogen and oxygen atoms in total. The van der Waals surface area contributed by atoms with E-state index in [-0.39, 0.29) is 22.7 Å². The van der Waals surface area contributed by atoms with Crippen LogP contribution in [0.1, 0.15) is 13.3 Å². The molecule has 0 aliphatic carbocycles. The summed E-state index contributed by atoms with van der Waals surface area (Å²) in [4.78, 5) is 10.7. The lowest BCUT2D eigenvalue weighted by Crippen LogP contribution is -2.20. The maximum atomic E-state index is 11.0. The predicted molar refractivity (Wildman–Crippen MR) is 39.7 cm³/mol. The normalized spacial score (nSPS) is 26.9. The molecule has 0 radical (unpaired) electrons. The molecule has 0 spiro atoms. The molecule has 2 atom stereocenters. The molecule has 0 aromatic rings. The van der Waals surface area contributed by atoms with Crippen LogP contribution in [0.2, 0.25) is 0 Å². The highest BCUT2D eigenvalue weighted by Crippen LogP contribution is 2.21. The Morgan fingerprint density at radius 3 is 3.00 bits per heavy atom. The molecule has 1 saturated heterocycles. The highest BCUT2D eigenvalue weighted by atomic mass is 16.8. The molecular formula is C7H11NO4.